The van der Waals surface area contributed by atoms with Crippen molar-refractivity contribution < 1.29 is 22.7 Å². The molecule has 1 fully saturated rings. The number of aryl methyl sites for hydroxylation is 1. The van der Waals surface area contributed by atoms with E-state index in [2.05, 4.69) is 36.1 Å². The maximum Gasteiger partial charge on any atom is 0.416 e. The molecule has 5 rings (SSSR count). The number of fused-ring (bicyclic) bond motifs is 1. The summed E-state index contributed by atoms with van der Waals surface area (Å²) < 4.78 is 47.1. The molecule has 0 radical (unpaired) electrons. The van der Waals surface area contributed by atoms with Crippen LogP contribution in [0.25, 0.3) is 22.0 Å². The van der Waals surface area contributed by atoms with Crippen LogP contribution in [0, 0.1) is 6.92 Å². The molecule has 1 aliphatic heterocycles. The lowest BCUT2D eigenvalue weighted by atomic mass is 9.96. The van der Waals surface area contributed by atoms with Gasteiger partial charge in [0.05, 0.1) is 34.0 Å². The second kappa shape index (κ2) is 11.2. The van der Waals surface area contributed by atoms with Crippen LogP contribution in [0.2, 0.25) is 0 Å². The quantitative estimate of drug-likeness (QED) is 0.281. The molecule has 0 aliphatic carbocycles. The number of nitrogen functional groups attached to an aromatic ring is 1. The van der Waals surface area contributed by atoms with Gasteiger partial charge in [0.15, 0.2) is 0 Å². The van der Waals surface area contributed by atoms with Gasteiger partial charge in [-0.1, -0.05) is 6.07 Å². The summed E-state index contributed by atoms with van der Waals surface area (Å²) in [6.45, 7) is 4.68. The summed E-state index contributed by atoms with van der Waals surface area (Å²) >= 11 is 3.56. The van der Waals surface area contributed by atoms with E-state index in [-0.39, 0.29) is 17.2 Å². The molecule has 2 heterocycles. The van der Waals surface area contributed by atoms with E-state index in [0.29, 0.717) is 51.0 Å². The Morgan fingerprint density at radius 3 is 2.49 bits per heavy atom. The van der Waals surface area contributed by atoms with E-state index in [1.165, 1.54) is 13.2 Å². The highest BCUT2D eigenvalue weighted by atomic mass is 79.9. The van der Waals surface area contributed by atoms with E-state index in [0.717, 1.165) is 30.8 Å². The monoisotopic (exact) mass is 628 g/mol. The third kappa shape index (κ3) is 5.80. The van der Waals surface area contributed by atoms with Crippen LogP contribution in [-0.4, -0.2) is 61.1 Å². The Balaban J connectivity index is 1.54. The van der Waals surface area contributed by atoms with Gasteiger partial charge >= 0.3 is 6.18 Å². The highest BCUT2D eigenvalue weighted by Gasteiger charge is 2.32. The number of amides is 1. The van der Waals surface area contributed by atoms with Gasteiger partial charge in [-0.25, -0.2) is 9.97 Å². The van der Waals surface area contributed by atoms with Gasteiger partial charge in [0, 0.05) is 48.9 Å². The van der Waals surface area contributed by atoms with E-state index in [1.807, 2.05) is 24.9 Å². The van der Waals surface area contributed by atoms with Gasteiger partial charge < -0.3 is 25.6 Å². The number of methoxy groups -OCH3 is 1. The highest BCUT2D eigenvalue weighted by molar-refractivity contribution is 9.10. The number of aromatic nitrogens is 2. The van der Waals surface area contributed by atoms with Crippen molar-refractivity contribution in [1.29, 1.82) is 0 Å². The van der Waals surface area contributed by atoms with Crippen LogP contribution in [0.1, 0.15) is 21.5 Å². The van der Waals surface area contributed by atoms with Gasteiger partial charge in [0.1, 0.15) is 5.75 Å². The largest absolute Gasteiger partial charge is 0.495 e. The van der Waals surface area contributed by atoms with Crippen LogP contribution in [0.5, 0.6) is 5.75 Å². The normalized spacial score (nSPS) is 14.4. The summed E-state index contributed by atoms with van der Waals surface area (Å²) in [6.07, 6.45) is -2.95. The Morgan fingerprint density at radius 1 is 1.07 bits per heavy atom. The Kier molecular flexibility index (Phi) is 7.80. The van der Waals surface area contributed by atoms with Crippen molar-refractivity contribution in [2.24, 2.45) is 0 Å². The summed E-state index contributed by atoms with van der Waals surface area (Å²) in [7, 11) is 3.52. The molecule has 0 bridgehead atoms. The Labute approximate surface area is 243 Å². The predicted octanol–water partition coefficient (Wildman–Crippen LogP) is 5.98. The number of benzene rings is 3. The second-order valence-electron chi connectivity index (χ2n) is 9.94. The van der Waals surface area contributed by atoms with Crippen molar-refractivity contribution in [3.63, 3.8) is 0 Å². The summed E-state index contributed by atoms with van der Waals surface area (Å²) in [5.74, 6) is 0.0794. The highest BCUT2D eigenvalue weighted by Crippen LogP contribution is 2.42. The lowest BCUT2D eigenvalue weighted by Crippen LogP contribution is -2.44. The van der Waals surface area contributed by atoms with E-state index >= 15 is 0 Å². The third-order valence-corrected chi connectivity index (χ3v) is 7.93. The number of carbonyl (C=O) groups excluding carboxylic acids is 1. The van der Waals surface area contributed by atoms with E-state index in [9.17, 15) is 18.0 Å². The minimum Gasteiger partial charge on any atom is -0.495 e. The molecule has 8 nitrogen and oxygen atoms in total. The minimum absolute atomic E-state index is 0.109. The molecule has 0 unspecified atom stereocenters. The smallest absolute Gasteiger partial charge is 0.416 e. The first-order chi connectivity index (χ1) is 19.5. The van der Waals surface area contributed by atoms with Crippen LogP contribution in [0.15, 0.2) is 53.1 Å². The number of nitrogens with zero attached hydrogens (tertiary/aromatic N) is 4. The molecule has 1 aromatic heterocycles. The van der Waals surface area contributed by atoms with Crippen LogP contribution in [0.4, 0.5) is 30.5 Å². The first-order valence-corrected chi connectivity index (χ1v) is 13.6. The molecule has 214 valence electrons. The predicted molar refractivity (Wildman–Crippen MR) is 157 cm³/mol. The maximum atomic E-state index is 13.6. The molecule has 12 heteroatoms. The number of hydrogen-bond donors (Lipinski definition) is 2. The fourth-order valence-electron chi connectivity index (χ4n) is 4.92. The van der Waals surface area contributed by atoms with Gasteiger partial charge in [0.2, 0.25) is 5.95 Å². The van der Waals surface area contributed by atoms with Crippen molar-refractivity contribution in [1.82, 2.24) is 14.9 Å². The number of nitrogens with one attached hydrogen (secondary N) is 1. The molecule has 3 N–H and O–H groups in total. The van der Waals surface area contributed by atoms with E-state index < -0.39 is 17.6 Å². The van der Waals surface area contributed by atoms with Crippen molar-refractivity contribution >= 4 is 50.1 Å². The standard InChI is InChI=1S/C29H28BrF3N6O2/c1-16-4-5-17(12-20(16)21-13-18-15-35-28(34)37-25(18)24(30)26(21)41-3)27(40)36-22-14-19(29(31,32)33)6-7-23(22)39-10-8-38(2)9-11-39/h4-7,12-15H,8-11H2,1-3H3,(H,36,40)(H2,34,35,37). The van der Waals surface area contributed by atoms with E-state index in [1.54, 1.807) is 24.4 Å². The number of ether oxygens (including phenoxy) is 1. The molecule has 3 aromatic carbocycles. The number of hydrogen-bond acceptors (Lipinski definition) is 7. The molecule has 1 saturated heterocycles. The summed E-state index contributed by atoms with van der Waals surface area (Å²) in [4.78, 5) is 26.1. The van der Waals surface area contributed by atoms with Gasteiger partial charge in [-0.3, -0.25) is 4.79 Å². The molecular weight excluding hydrogens is 601 g/mol. The summed E-state index contributed by atoms with van der Waals surface area (Å²) in [5.41, 5.74) is 8.70. The SMILES string of the molecule is COc1c(-c2cc(C(=O)Nc3cc(C(F)(F)F)ccc3N3CCN(C)CC3)ccc2C)cc2cnc(N)nc2c1Br. The van der Waals surface area contributed by atoms with E-state index in [4.69, 9.17) is 10.5 Å². The summed E-state index contributed by atoms with van der Waals surface area (Å²) in [5, 5.41) is 3.46. The van der Waals surface area contributed by atoms with Crippen LogP contribution in [-0.2, 0) is 6.18 Å². The fraction of sp³-hybridized carbons (Fsp3) is 0.276. The fourth-order valence-corrected chi connectivity index (χ4v) is 5.61. The molecule has 41 heavy (non-hydrogen) atoms. The van der Waals surface area contributed by atoms with Gasteiger partial charge in [-0.2, -0.15) is 13.2 Å². The lowest BCUT2D eigenvalue weighted by Gasteiger charge is -2.35. The molecule has 0 saturated carbocycles. The average Bonchev–Trinajstić information content (AvgIpc) is 2.93. The Bertz CT molecular complexity index is 1640. The van der Waals surface area contributed by atoms with Gasteiger partial charge in [0.25, 0.3) is 5.91 Å². The number of anilines is 3. The topological polar surface area (TPSA) is 96.6 Å². The molecular formula is C29H28BrF3N6O2. The Morgan fingerprint density at radius 2 is 1.80 bits per heavy atom. The molecule has 1 amide bonds. The number of alkyl halides is 3. The molecule has 0 spiro atoms. The zero-order valence-corrected chi connectivity index (χ0v) is 24.2. The molecule has 1 aliphatic rings. The number of nitrogens with two attached hydrogens (primary N) is 1. The number of likely N-dealkylation sites (N-methyl/N-ethyl adjacent to an activating group) is 1. The maximum absolute atomic E-state index is 13.6. The first-order valence-electron chi connectivity index (χ1n) is 12.8. The van der Waals surface area contributed by atoms with Crippen molar-refractivity contribution in [3.8, 4) is 16.9 Å². The summed E-state index contributed by atoms with van der Waals surface area (Å²) in [6, 6.07) is 10.4. The van der Waals surface area contributed by atoms with Gasteiger partial charge in [-0.15, -0.1) is 0 Å². The first kappa shape index (κ1) is 28.6. The van der Waals surface area contributed by atoms with Crippen molar-refractivity contribution in [3.05, 3.63) is 69.8 Å². The molecule has 4 aromatic rings. The van der Waals surface area contributed by atoms with Crippen LogP contribution < -0.4 is 20.7 Å². The minimum atomic E-state index is -4.55. The zero-order chi connectivity index (χ0) is 29.5. The average molecular weight is 629 g/mol. The van der Waals surface area contributed by atoms with Crippen molar-refractivity contribution in [2.75, 3.05) is 56.3 Å². The number of piperazine rings is 1. The second-order valence-corrected chi connectivity index (χ2v) is 10.7. The van der Waals surface area contributed by atoms with Crippen LogP contribution >= 0.6 is 15.9 Å². The number of rotatable bonds is 5. The molecule has 0 atom stereocenters. The van der Waals surface area contributed by atoms with Gasteiger partial charge in [-0.05, 0) is 77.4 Å². The van der Waals surface area contributed by atoms with Crippen molar-refractivity contribution in [2.45, 2.75) is 13.1 Å². The van der Waals surface area contributed by atoms with Crippen LogP contribution in [0.3, 0.4) is 0 Å². The lowest BCUT2D eigenvalue weighted by molar-refractivity contribution is -0.137. The zero-order valence-electron chi connectivity index (χ0n) is 22.6. The number of halogens is 4. The third-order valence-electron chi connectivity index (χ3n) is 7.20. The Hall–Kier alpha value is -3.90. The number of carbonyl (C=O) groups is 1.